The summed E-state index contributed by atoms with van der Waals surface area (Å²) in [4.78, 5) is 28.5. The first-order valence-electron chi connectivity index (χ1n) is 11.1. The molecule has 3 rings (SSSR count). The van der Waals surface area contributed by atoms with E-state index in [0.717, 1.165) is 15.6 Å². The summed E-state index contributed by atoms with van der Waals surface area (Å²) in [6.07, 6.45) is 0.0733. The van der Waals surface area contributed by atoms with Gasteiger partial charge in [-0.05, 0) is 49.2 Å². The maximum atomic E-state index is 14.5. The standard InChI is InChI=1S/C27H27BrClFN2O2/c1-18(2)31-27(34)25(15-19-8-4-3-5-9-19)32(17-20-10-6-11-21(28)14-20)26(33)16-22-23(29)12-7-13-24(22)30/h3-14,18,25H,15-17H2,1-2H3,(H,31,34)/t25-/m1/s1. The summed E-state index contributed by atoms with van der Waals surface area (Å²) in [5.41, 5.74) is 1.89. The average Bonchev–Trinajstić information content (AvgIpc) is 2.79. The van der Waals surface area contributed by atoms with Crippen LogP contribution in [0.5, 0.6) is 0 Å². The molecular weight excluding hydrogens is 519 g/mol. The number of rotatable bonds is 9. The molecule has 0 unspecified atom stereocenters. The highest BCUT2D eigenvalue weighted by Gasteiger charge is 2.31. The van der Waals surface area contributed by atoms with Crippen LogP contribution in [0, 0.1) is 5.82 Å². The van der Waals surface area contributed by atoms with E-state index in [-0.39, 0.29) is 41.4 Å². The SMILES string of the molecule is CC(C)NC(=O)[C@@H](Cc1ccccc1)N(Cc1cccc(Br)c1)C(=O)Cc1c(F)cccc1Cl. The summed E-state index contributed by atoms with van der Waals surface area (Å²) < 4.78 is 15.4. The lowest BCUT2D eigenvalue weighted by atomic mass is 10.0. The Kier molecular flexibility index (Phi) is 9.25. The van der Waals surface area contributed by atoms with Crippen molar-refractivity contribution in [3.8, 4) is 0 Å². The molecule has 1 atom stereocenters. The van der Waals surface area contributed by atoms with Gasteiger partial charge in [0.15, 0.2) is 0 Å². The maximum absolute atomic E-state index is 14.5. The number of nitrogens with one attached hydrogen (secondary N) is 1. The summed E-state index contributed by atoms with van der Waals surface area (Å²) in [5.74, 6) is -1.19. The number of carbonyl (C=O) groups excluding carboxylic acids is 2. The molecule has 0 bridgehead atoms. The fourth-order valence-electron chi connectivity index (χ4n) is 3.72. The molecule has 3 aromatic carbocycles. The highest BCUT2D eigenvalue weighted by atomic mass is 79.9. The Labute approximate surface area is 213 Å². The molecule has 0 saturated heterocycles. The summed E-state index contributed by atoms with van der Waals surface area (Å²) in [6, 6.07) is 20.5. The van der Waals surface area contributed by atoms with Gasteiger partial charge in [0.05, 0.1) is 6.42 Å². The minimum atomic E-state index is -0.790. The molecule has 0 saturated carbocycles. The van der Waals surface area contributed by atoms with Gasteiger partial charge in [-0.1, -0.05) is 76.1 Å². The van der Waals surface area contributed by atoms with E-state index in [0.29, 0.717) is 6.42 Å². The van der Waals surface area contributed by atoms with Gasteiger partial charge in [0.1, 0.15) is 11.9 Å². The minimum Gasteiger partial charge on any atom is -0.352 e. The highest BCUT2D eigenvalue weighted by molar-refractivity contribution is 9.10. The van der Waals surface area contributed by atoms with Gasteiger partial charge in [0.25, 0.3) is 0 Å². The number of benzene rings is 3. The quantitative estimate of drug-likeness (QED) is 0.361. The van der Waals surface area contributed by atoms with Gasteiger partial charge >= 0.3 is 0 Å². The molecule has 0 spiro atoms. The van der Waals surface area contributed by atoms with E-state index in [4.69, 9.17) is 11.6 Å². The van der Waals surface area contributed by atoms with Crippen molar-refractivity contribution in [1.82, 2.24) is 10.2 Å². The third-order valence-corrected chi connectivity index (χ3v) is 6.18. The second-order valence-electron chi connectivity index (χ2n) is 8.40. The molecule has 34 heavy (non-hydrogen) atoms. The highest BCUT2D eigenvalue weighted by Crippen LogP contribution is 2.23. The summed E-state index contributed by atoms with van der Waals surface area (Å²) in [7, 11) is 0. The Morgan fingerprint density at radius 3 is 2.32 bits per heavy atom. The normalized spacial score (nSPS) is 11.8. The maximum Gasteiger partial charge on any atom is 0.243 e. The van der Waals surface area contributed by atoms with Crippen molar-refractivity contribution < 1.29 is 14.0 Å². The first kappa shape index (κ1) is 25.9. The van der Waals surface area contributed by atoms with Crippen molar-refractivity contribution >= 4 is 39.3 Å². The number of hydrogen-bond acceptors (Lipinski definition) is 2. The van der Waals surface area contributed by atoms with Crippen molar-refractivity contribution in [3.63, 3.8) is 0 Å². The smallest absolute Gasteiger partial charge is 0.243 e. The van der Waals surface area contributed by atoms with E-state index < -0.39 is 11.9 Å². The van der Waals surface area contributed by atoms with Crippen LogP contribution in [0.2, 0.25) is 5.02 Å². The van der Waals surface area contributed by atoms with E-state index in [2.05, 4.69) is 21.2 Å². The number of amides is 2. The average molecular weight is 546 g/mol. The number of halogens is 3. The fraction of sp³-hybridized carbons (Fsp3) is 0.259. The number of hydrogen-bond donors (Lipinski definition) is 1. The Balaban J connectivity index is 2.01. The molecule has 0 heterocycles. The Morgan fingerprint density at radius 2 is 1.68 bits per heavy atom. The van der Waals surface area contributed by atoms with E-state index >= 15 is 0 Å². The lowest BCUT2D eigenvalue weighted by Crippen LogP contribution is -2.52. The van der Waals surface area contributed by atoms with Crippen LogP contribution >= 0.6 is 27.5 Å². The zero-order valence-corrected chi connectivity index (χ0v) is 21.4. The van der Waals surface area contributed by atoms with E-state index in [1.165, 1.54) is 17.0 Å². The van der Waals surface area contributed by atoms with Crippen LogP contribution in [-0.2, 0) is 29.0 Å². The molecule has 2 amide bonds. The molecule has 0 radical (unpaired) electrons. The van der Waals surface area contributed by atoms with Gasteiger partial charge in [0, 0.05) is 34.1 Å². The van der Waals surface area contributed by atoms with Gasteiger partial charge in [-0.2, -0.15) is 0 Å². The summed E-state index contributed by atoms with van der Waals surface area (Å²) in [6.45, 7) is 3.93. The molecule has 4 nitrogen and oxygen atoms in total. The first-order chi connectivity index (χ1) is 16.2. The predicted molar refractivity (Wildman–Crippen MR) is 137 cm³/mol. The summed E-state index contributed by atoms with van der Waals surface area (Å²) >= 11 is 9.67. The number of carbonyl (C=O) groups is 2. The van der Waals surface area contributed by atoms with Gasteiger partial charge < -0.3 is 10.2 Å². The van der Waals surface area contributed by atoms with Crippen molar-refractivity contribution in [1.29, 1.82) is 0 Å². The molecule has 3 aromatic rings. The van der Waals surface area contributed by atoms with Crippen molar-refractivity contribution in [2.45, 2.75) is 45.3 Å². The van der Waals surface area contributed by atoms with Crippen LogP contribution in [0.4, 0.5) is 4.39 Å². The van der Waals surface area contributed by atoms with Gasteiger partial charge in [-0.25, -0.2) is 4.39 Å². The van der Waals surface area contributed by atoms with E-state index in [1.807, 2.05) is 68.4 Å². The van der Waals surface area contributed by atoms with Crippen LogP contribution in [0.25, 0.3) is 0 Å². The lowest BCUT2D eigenvalue weighted by molar-refractivity contribution is -0.141. The van der Waals surface area contributed by atoms with Crippen LogP contribution in [0.15, 0.2) is 77.3 Å². The van der Waals surface area contributed by atoms with Crippen molar-refractivity contribution in [3.05, 3.63) is 105 Å². The molecule has 0 fully saturated rings. The molecule has 0 aliphatic heterocycles. The zero-order valence-electron chi connectivity index (χ0n) is 19.1. The summed E-state index contributed by atoms with van der Waals surface area (Å²) in [5, 5.41) is 3.12. The first-order valence-corrected chi connectivity index (χ1v) is 12.2. The topological polar surface area (TPSA) is 49.4 Å². The lowest BCUT2D eigenvalue weighted by Gasteiger charge is -2.32. The zero-order chi connectivity index (χ0) is 24.7. The molecule has 1 N–H and O–H groups in total. The minimum absolute atomic E-state index is 0.102. The van der Waals surface area contributed by atoms with Crippen LogP contribution in [0.3, 0.4) is 0 Å². The Morgan fingerprint density at radius 1 is 1.00 bits per heavy atom. The molecular formula is C27H27BrClFN2O2. The van der Waals surface area contributed by atoms with Crippen molar-refractivity contribution in [2.75, 3.05) is 0 Å². The number of nitrogens with zero attached hydrogens (tertiary/aromatic N) is 1. The molecule has 0 aromatic heterocycles. The van der Waals surface area contributed by atoms with E-state index in [1.54, 1.807) is 6.07 Å². The molecule has 0 aliphatic carbocycles. The monoisotopic (exact) mass is 544 g/mol. The van der Waals surface area contributed by atoms with Crippen LogP contribution < -0.4 is 5.32 Å². The van der Waals surface area contributed by atoms with Gasteiger partial charge in [-0.3, -0.25) is 9.59 Å². The molecule has 7 heteroatoms. The Bertz CT molecular complexity index is 1120. The van der Waals surface area contributed by atoms with Crippen LogP contribution in [-0.4, -0.2) is 28.8 Å². The van der Waals surface area contributed by atoms with E-state index in [9.17, 15) is 14.0 Å². The third kappa shape index (κ3) is 7.15. The molecule has 178 valence electrons. The third-order valence-electron chi connectivity index (χ3n) is 5.33. The predicted octanol–water partition coefficient (Wildman–Crippen LogP) is 5.95. The van der Waals surface area contributed by atoms with Gasteiger partial charge in [-0.15, -0.1) is 0 Å². The fourth-order valence-corrected chi connectivity index (χ4v) is 4.40. The second-order valence-corrected chi connectivity index (χ2v) is 9.72. The van der Waals surface area contributed by atoms with Gasteiger partial charge in [0.2, 0.25) is 11.8 Å². The van der Waals surface area contributed by atoms with Crippen LogP contribution in [0.1, 0.15) is 30.5 Å². The second kappa shape index (κ2) is 12.1. The largest absolute Gasteiger partial charge is 0.352 e. The molecule has 0 aliphatic rings. The Hall–Kier alpha value is -2.70. The van der Waals surface area contributed by atoms with Crippen molar-refractivity contribution in [2.24, 2.45) is 0 Å².